The molecule has 1 aromatic rings. The van der Waals surface area contributed by atoms with Crippen LogP contribution in [0.1, 0.15) is 19.4 Å². The van der Waals surface area contributed by atoms with Crippen LogP contribution in [0.5, 0.6) is 0 Å². The normalized spacial score (nSPS) is 12.9. The van der Waals surface area contributed by atoms with E-state index in [1.807, 2.05) is 6.07 Å². The molecule has 0 aliphatic carbocycles. The Hall–Kier alpha value is -0.620. The van der Waals surface area contributed by atoms with Crippen LogP contribution in [0.25, 0.3) is 0 Å². The standard InChI is InChI=1S/C14H22FNO2S/c1-10(2)6-16-7-12-13(15)4-3-5-14(12)19-9-11(18)8-17/h3-5,10-11,16-18H,6-9H2,1-2H3. The molecular weight excluding hydrogens is 265 g/mol. The molecule has 0 aliphatic heterocycles. The molecule has 0 spiro atoms. The molecule has 3 N–H and O–H groups in total. The molecule has 0 bridgehead atoms. The maximum absolute atomic E-state index is 13.8. The number of aliphatic hydroxyl groups excluding tert-OH is 2. The second-order valence-corrected chi connectivity index (χ2v) is 5.95. The van der Waals surface area contributed by atoms with E-state index in [4.69, 9.17) is 5.11 Å². The lowest BCUT2D eigenvalue weighted by Crippen LogP contribution is -2.20. The summed E-state index contributed by atoms with van der Waals surface area (Å²) in [6.45, 7) is 5.23. The molecule has 1 rings (SSSR count). The molecule has 0 fully saturated rings. The number of thioether (sulfide) groups is 1. The second kappa shape index (κ2) is 8.53. The Kier molecular flexibility index (Phi) is 7.38. The zero-order valence-electron chi connectivity index (χ0n) is 11.4. The predicted molar refractivity (Wildman–Crippen MR) is 76.8 cm³/mol. The van der Waals surface area contributed by atoms with Gasteiger partial charge in [-0.25, -0.2) is 4.39 Å². The highest BCUT2D eigenvalue weighted by Crippen LogP contribution is 2.25. The summed E-state index contributed by atoms with van der Waals surface area (Å²) < 4.78 is 13.8. The largest absolute Gasteiger partial charge is 0.394 e. The zero-order chi connectivity index (χ0) is 14.3. The first-order chi connectivity index (χ1) is 9.04. The molecule has 5 heteroatoms. The van der Waals surface area contributed by atoms with E-state index in [1.165, 1.54) is 17.8 Å². The fraction of sp³-hybridized carbons (Fsp3) is 0.571. The summed E-state index contributed by atoms with van der Waals surface area (Å²) in [7, 11) is 0. The monoisotopic (exact) mass is 287 g/mol. The number of aliphatic hydroxyl groups is 2. The topological polar surface area (TPSA) is 52.5 Å². The lowest BCUT2D eigenvalue weighted by molar-refractivity contribution is 0.113. The maximum Gasteiger partial charge on any atom is 0.128 e. The summed E-state index contributed by atoms with van der Waals surface area (Å²) in [5.41, 5.74) is 0.623. The van der Waals surface area contributed by atoms with Crippen molar-refractivity contribution >= 4 is 11.8 Å². The molecule has 0 saturated carbocycles. The van der Waals surface area contributed by atoms with Crippen LogP contribution in [0, 0.1) is 11.7 Å². The van der Waals surface area contributed by atoms with Gasteiger partial charge in [-0.1, -0.05) is 19.9 Å². The van der Waals surface area contributed by atoms with Gasteiger partial charge in [0, 0.05) is 22.8 Å². The Morgan fingerprint density at radius 1 is 1.37 bits per heavy atom. The van der Waals surface area contributed by atoms with Gasteiger partial charge >= 0.3 is 0 Å². The number of hydrogen-bond donors (Lipinski definition) is 3. The molecule has 0 aliphatic rings. The fourth-order valence-corrected chi connectivity index (χ4v) is 2.57. The van der Waals surface area contributed by atoms with Gasteiger partial charge in [0.05, 0.1) is 12.7 Å². The van der Waals surface area contributed by atoms with Crippen molar-refractivity contribution in [1.29, 1.82) is 0 Å². The molecule has 1 aromatic carbocycles. The summed E-state index contributed by atoms with van der Waals surface area (Å²) in [6.07, 6.45) is -0.773. The molecule has 19 heavy (non-hydrogen) atoms. The average Bonchev–Trinajstić information content (AvgIpc) is 2.38. The van der Waals surface area contributed by atoms with Gasteiger partial charge in [-0.05, 0) is 24.6 Å². The lowest BCUT2D eigenvalue weighted by atomic mass is 10.2. The van der Waals surface area contributed by atoms with Crippen molar-refractivity contribution in [2.45, 2.75) is 31.4 Å². The Labute approximate surface area is 118 Å². The highest BCUT2D eigenvalue weighted by molar-refractivity contribution is 7.99. The minimum absolute atomic E-state index is 0.236. The van der Waals surface area contributed by atoms with Crippen molar-refractivity contribution in [2.75, 3.05) is 18.9 Å². The van der Waals surface area contributed by atoms with Gasteiger partial charge in [0.15, 0.2) is 0 Å². The van der Waals surface area contributed by atoms with Gasteiger partial charge in [0.1, 0.15) is 5.82 Å². The van der Waals surface area contributed by atoms with E-state index in [0.29, 0.717) is 23.8 Å². The molecule has 1 unspecified atom stereocenters. The molecule has 3 nitrogen and oxygen atoms in total. The summed E-state index contributed by atoms with van der Waals surface area (Å²) >= 11 is 1.36. The maximum atomic E-state index is 13.8. The van der Waals surface area contributed by atoms with E-state index in [1.54, 1.807) is 6.07 Å². The smallest absolute Gasteiger partial charge is 0.128 e. The highest BCUT2D eigenvalue weighted by atomic mass is 32.2. The van der Waals surface area contributed by atoms with Crippen molar-refractivity contribution in [3.8, 4) is 0 Å². The van der Waals surface area contributed by atoms with Crippen LogP contribution in [-0.4, -0.2) is 35.2 Å². The quantitative estimate of drug-likeness (QED) is 0.640. The van der Waals surface area contributed by atoms with E-state index in [9.17, 15) is 9.50 Å². The van der Waals surface area contributed by atoms with Crippen molar-refractivity contribution in [2.24, 2.45) is 5.92 Å². The Balaban J connectivity index is 2.66. The van der Waals surface area contributed by atoms with Crippen LogP contribution < -0.4 is 5.32 Å². The van der Waals surface area contributed by atoms with Gasteiger partial charge < -0.3 is 15.5 Å². The van der Waals surface area contributed by atoms with Gasteiger partial charge in [-0.2, -0.15) is 0 Å². The van der Waals surface area contributed by atoms with Crippen LogP contribution in [0.2, 0.25) is 0 Å². The van der Waals surface area contributed by atoms with Crippen LogP contribution in [0.15, 0.2) is 23.1 Å². The number of nitrogens with one attached hydrogen (secondary N) is 1. The minimum atomic E-state index is -0.773. The van der Waals surface area contributed by atoms with E-state index in [2.05, 4.69) is 19.2 Å². The first-order valence-electron chi connectivity index (χ1n) is 6.44. The van der Waals surface area contributed by atoms with Gasteiger partial charge in [0.25, 0.3) is 0 Å². The summed E-state index contributed by atoms with van der Waals surface area (Å²) in [5, 5.41) is 21.4. The first kappa shape index (κ1) is 16.4. The van der Waals surface area contributed by atoms with Crippen molar-refractivity contribution in [1.82, 2.24) is 5.32 Å². The summed E-state index contributed by atoms with van der Waals surface area (Å²) in [4.78, 5) is 0.809. The summed E-state index contributed by atoms with van der Waals surface area (Å²) in [5.74, 6) is 0.635. The third-order valence-corrected chi connectivity index (χ3v) is 3.82. The molecule has 0 radical (unpaired) electrons. The van der Waals surface area contributed by atoms with Crippen molar-refractivity contribution in [3.05, 3.63) is 29.6 Å². The van der Waals surface area contributed by atoms with Gasteiger partial charge in [0.2, 0.25) is 0 Å². The highest BCUT2D eigenvalue weighted by Gasteiger charge is 2.11. The Morgan fingerprint density at radius 2 is 2.11 bits per heavy atom. The molecule has 1 atom stereocenters. The van der Waals surface area contributed by atoms with E-state index in [0.717, 1.165) is 11.4 Å². The van der Waals surface area contributed by atoms with Crippen molar-refractivity contribution in [3.63, 3.8) is 0 Å². The molecule has 0 amide bonds. The van der Waals surface area contributed by atoms with E-state index >= 15 is 0 Å². The Bertz CT molecular complexity index is 388. The molecule has 0 heterocycles. The van der Waals surface area contributed by atoms with E-state index in [-0.39, 0.29) is 12.4 Å². The lowest BCUT2D eigenvalue weighted by Gasteiger charge is -2.13. The average molecular weight is 287 g/mol. The molecule has 0 aromatic heterocycles. The summed E-state index contributed by atoms with van der Waals surface area (Å²) in [6, 6.07) is 4.94. The van der Waals surface area contributed by atoms with Crippen LogP contribution >= 0.6 is 11.8 Å². The second-order valence-electron chi connectivity index (χ2n) is 4.89. The molecule has 0 saturated heterocycles. The minimum Gasteiger partial charge on any atom is -0.394 e. The van der Waals surface area contributed by atoms with Crippen LogP contribution in [0.3, 0.4) is 0 Å². The van der Waals surface area contributed by atoms with Crippen LogP contribution in [0.4, 0.5) is 4.39 Å². The third kappa shape index (κ3) is 5.91. The number of hydrogen-bond acceptors (Lipinski definition) is 4. The third-order valence-electron chi connectivity index (χ3n) is 2.57. The zero-order valence-corrected chi connectivity index (χ0v) is 12.2. The molecule has 108 valence electrons. The first-order valence-corrected chi connectivity index (χ1v) is 7.43. The Morgan fingerprint density at radius 3 is 2.74 bits per heavy atom. The number of benzene rings is 1. The van der Waals surface area contributed by atoms with Crippen molar-refractivity contribution < 1.29 is 14.6 Å². The predicted octanol–water partition coefficient (Wildman–Crippen LogP) is 2.02. The fourth-order valence-electron chi connectivity index (χ4n) is 1.57. The van der Waals surface area contributed by atoms with Gasteiger partial charge in [-0.15, -0.1) is 11.8 Å². The van der Waals surface area contributed by atoms with Gasteiger partial charge in [-0.3, -0.25) is 0 Å². The number of rotatable bonds is 8. The SMILES string of the molecule is CC(C)CNCc1c(F)cccc1SCC(O)CO. The molecular formula is C14H22FNO2S. The van der Waals surface area contributed by atoms with Crippen LogP contribution in [-0.2, 0) is 6.54 Å². The number of halogens is 1. The van der Waals surface area contributed by atoms with E-state index < -0.39 is 6.10 Å².